The van der Waals surface area contributed by atoms with E-state index >= 15 is 0 Å². The van der Waals surface area contributed by atoms with Crippen LogP contribution in [0.15, 0.2) is 24.3 Å². The molecule has 8 heteroatoms. The van der Waals surface area contributed by atoms with E-state index in [0.29, 0.717) is 17.1 Å². The second-order valence-electron chi connectivity index (χ2n) is 7.92. The average Bonchev–Trinajstić information content (AvgIpc) is 3.27. The normalized spacial score (nSPS) is 17.4. The fraction of sp³-hybridized carbons (Fsp3) is 0.455. The van der Waals surface area contributed by atoms with Gasteiger partial charge in [-0.05, 0) is 50.9 Å². The molecule has 0 unspecified atom stereocenters. The molecule has 0 radical (unpaired) electrons. The third-order valence-electron chi connectivity index (χ3n) is 5.65. The van der Waals surface area contributed by atoms with Crippen molar-refractivity contribution in [1.82, 2.24) is 4.90 Å². The third-order valence-corrected chi connectivity index (χ3v) is 6.86. The van der Waals surface area contributed by atoms with Gasteiger partial charge in [0, 0.05) is 18.0 Å². The van der Waals surface area contributed by atoms with Crippen molar-refractivity contribution in [3.8, 4) is 5.75 Å². The Morgan fingerprint density at radius 3 is 2.90 bits per heavy atom. The van der Waals surface area contributed by atoms with Gasteiger partial charge in [0.25, 0.3) is 5.91 Å². The van der Waals surface area contributed by atoms with E-state index in [-0.39, 0.29) is 18.6 Å². The number of likely N-dealkylation sites (N-methyl/N-ethyl adjacent to an activating group) is 2. The summed E-state index contributed by atoms with van der Waals surface area (Å²) >= 11 is 1.48. The fourth-order valence-corrected chi connectivity index (χ4v) is 5.66. The van der Waals surface area contributed by atoms with Crippen LogP contribution in [0.5, 0.6) is 5.75 Å². The molecule has 2 amide bonds. The zero-order chi connectivity index (χ0) is 21.3. The predicted molar refractivity (Wildman–Crippen MR) is 120 cm³/mol. The number of benzene rings is 1. The molecular weight excluding hydrogens is 400 g/mol. The number of anilines is 2. The van der Waals surface area contributed by atoms with E-state index in [2.05, 4.69) is 23.2 Å². The average molecular weight is 429 g/mol. The molecule has 1 aromatic heterocycles. The van der Waals surface area contributed by atoms with Crippen LogP contribution in [-0.2, 0) is 17.6 Å². The monoisotopic (exact) mass is 428 g/mol. The Bertz CT molecular complexity index is 958. The molecule has 3 N–H and O–H groups in total. The summed E-state index contributed by atoms with van der Waals surface area (Å²) in [7, 11) is 1.91. The molecule has 2 aromatic rings. The first-order chi connectivity index (χ1) is 14.5. The molecule has 4 rings (SSSR count). The number of fused-ring (bicyclic) bond motifs is 2. The van der Waals surface area contributed by atoms with Gasteiger partial charge < -0.3 is 20.7 Å². The zero-order valence-corrected chi connectivity index (χ0v) is 18.3. The van der Waals surface area contributed by atoms with Gasteiger partial charge in [-0.3, -0.25) is 14.5 Å². The molecule has 160 valence electrons. The summed E-state index contributed by atoms with van der Waals surface area (Å²) in [5.41, 5.74) is 8.21. The molecule has 7 nitrogen and oxygen atoms in total. The largest absolute Gasteiger partial charge is 0.485 e. The maximum atomic E-state index is 12.6. The molecule has 1 aliphatic carbocycles. The third kappa shape index (κ3) is 4.15. The summed E-state index contributed by atoms with van der Waals surface area (Å²) in [4.78, 5) is 30.0. The number of hydrogen-bond donors (Lipinski definition) is 2. The number of para-hydroxylation sites is 2. The maximum Gasteiger partial charge on any atom is 0.251 e. The molecule has 0 saturated carbocycles. The number of aryl methyl sites for hydroxylation is 1. The van der Waals surface area contributed by atoms with Gasteiger partial charge in [-0.1, -0.05) is 12.1 Å². The Morgan fingerprint density at radius 2 is 2.13 bits per heavy atom. The number of carbonyl (C=O) groups is 2. The number of nitrogens with one attached hydrogen (secondary N) is 1. The van der Waals surface area contributed by atoms with Crippen LogP contribution in [0.4, 0.5) is 10.7 Å². The number of primary amides is 1. The summed E-state index contributed by atoms with van der Waals surface area (Å²) in [6.45, 7) is 4.66. The summed E-state index contributed by atoms with van der Waals surface area (Å²) < 4.78 is 6.15. The lowest BCUT2D eigenvalue weighted by Gasteiger charge is -2.37. The van der Waals surface area contributed by atoms with E-state index in [0.717, 1.165) is 49.4 Å². The summed E-state index contributed by atoms with van der Waals surface area (Å²) in [6.07, 6.45) is 2.82. The molecular formula is C22H28N4O3S. The van der Waals surface area contributed by atoms with Crippen LogP contribution in [0.3, 0.4) is 0 Å². The standard InChI is InChI=1S/C22H28N4O3S/c1-3-26-12-14(29-17-9-5-4-8-16(17)26)11-25(2)13-19(27)24-22-20(21(23)28)15-7-6-10-18(15)30-22/h4-5,8-9,14H,3,6-7,10-13H2,1-2H3,(H2,23,28)(H,24,27)/t14-/m1/s1. The second-order valence-corrected chi connectivity index (χ2v) is 9.02. The minimum Gasteiger partial charge on any atom is -0.485 e. The highest BCUT2D eigenvalue weighted by Crippen LogP contribution is 2.38. The fourth-order valence-electron chi connectivity index (χ4n) is 4.35. The maximum absolute atomic E-state index is 12.6. The number of rotatable bonds is 7. The minimum atomic E-state index is -0.466. The smallest absolute Gasteiger partial charge is 0.251 e. The zero-order valence-electron chi connectivity index (χ0n) is 17.4. The Hall–Kier alpha value is -2.58. The quantitative estimate of drug-likeness (QED) is 0.708. The summed E-state index contributed by atoms with van der Waals surface area (Å²) in [5, 5.41) is 3.50. The predicted octanol–water partition coefficient (Wildman–Crippen LogP) is 2.49. The number of ether oxygens (including phenoxy) is 1. The summed E-state index contributed by atoms with van der Waals surface area (Å²) in [6, 6.07) is 8.04. The topological polar surface area (TPSA) is 87.9 Å². The molecule has 0 spiro atoms. The summed E-state index contributed by atoms with van der Waals surface area (Å²) in [5.74, 6) is 0.267. The highest BCUT2D eigenvalue weighted by Gasteiger charge is 2.28. The van der Waals surface area contributed by atoms with Crippen molar-refractivity contribution < 1.29 is 14.3 Å². The highest BCUT2D eigenvalue weighted by molar-refractivity contribution is 7.17. The Kier molecular flexibility index (Phi) is 5.97. The van der Waals surface area contributed by atoms with Crippen LogP contribution in [0, 0.1) is 0 Å². The van der Waals surface area contributed by atoms with Crippen molar-refractivity contribution in [3.63, 3.8) is 0 Å². The van der Waals surface area contributed by atoms with Crippen molar-refractivity contribution in [3.05, 3.63) is 40.3 Å². The van der Waals surface area contributed by atoms with Gasteiger partial charge >= 0.3 is 0 Å². The SMILES string of the molecule is CCN1C[C@@H](CN(C)CC(=O)Nc2sc3c(c2C(N)=O)CCC3)Oc2ccccc21. The van der Waals surface area contributed by atoms with Gasteiger partial charge in [0.15, 0.2) is 0 Å². The van der Waals surface area contributed by atoms with E-state index in [1.54, 1.807) is 0 Å². The molecule has 1 aliphatic heterocycles. The van der Waals surface area contributed by atoms with Crippen LogP contribution in [0.2, 0.25) is 0 Å². The van der Waals surface area contributed by atoms with Crippen LogP contribution < -0.4 is 20.7 Å². The molecule has 1 atom stereocenters. The lowest BCUT2D eigenvalue weighted by atomic mass is 10.1. The van der Waals surface area contributed by atoms with E-state index in [1.165, 1.54) is 16.2 Å². The van der Waals surface area contributed by atoms with Crippen molar-refractivity contribution >= 4 is 33.8 Å². The van der Waals surface area contributed by atoms with E-state index in [1.807, 2.05) is 30.1 Å². The molecule has 2 aliphatic rings. The van der Waals surface area contributed by atoms with Gasteiger partial charge in [0.2, 0.25) is 5.91 Å². The van der Waals surface area contributed by atoms with Crippen LogP contribution >= 0.6 is 11.3 Å². The highest BCUT2D eigenvalue weighted by atomic mass is 32.1. The van der Waals surface area contributed by atoms with Crippen LogP contribution in [-0.4, -0.2) is 56.0 Å². The van der Waals surface area contributed by atoms with Gasteiger partial charge in [-0.2, -0.15) is 0 Å². The molecule has 1 aromatic carbocycles. The number of nitrogens with zero attached hydrogens (tertiary/aromatic N) is 2. The van der Waals surface area contributed by atoms with Gasteiger partial charge in [0.1, 0.15) is 16.9 Å². The first kappa shape index (κ1) is 20.7. The Labute approximate surface area is 180 Å². The van der Waals surface area contributed by atoms with Crippen LogP contribution in [0.25, 0.3) is 0 Å². The molecule has 2 heterocycles. The number of carbonyl (C=O) groups excluding carboxylic acids is 2. The van der Waals surface area contributed by atoms with Crippen LogP contribution in [0.1, 0.15) is 34.1 Å². The first-order valence-corrected chi connectivity index (χ1v) is 11.2. The van der Waals surface area contributed by atoms with E-state index in [9.17, 15) is 9.59 Å². The molecule has 30 heavy (non-hydrogen) atoms. The van der Waals surface area contributed by atoms with Gasteiger partial charge in [-0.25, -0.2) is 0 Å². The van der Waals surface area contributed by atoms with Gasteiger partial charge in [-0.15, -0.1) is 11.3 Å². The van der Waals surface area contributed by atoms with E-state index in [4.69, 9.17) is 10.5 Å². The van der Waals surface area contributed by atoms with E-state index < -0.39 is 5.91 Å². The van der Waals surface area contributed by atoms with Crippen molar-refractivity contribution in [1.29, 1.82) is 0 Å². The molecule has 0 saturated heterocycles. The lowest BCUT2D eigenvalue weighted by Crippen LogP contribution is -2.46. The number of amides is 2. The van der Waals surface area contributed by atoms with Gasteiger partial charge in [0.05, 0.1) is 24.3 Å². The lowest BCUT2D eigenvalue weighted by molar-refractivity contribution is -0.117. The number of thiophene rings is 1. The number of hydrogen-bond acceptors (Lipinski definition) is 6. The molecule has 0 fully saturated rings. The second kappa shape index (κ2) is 8.65. The molecule has 0 bridgehead atoms. The van der Waals surface area contributed by atoms with Crippen molar-refractivity contribution in [2.45, 2.75) is 32.3 Å². The number of nitrogens with two attached hydrogens (primary N) is 1. The minimum absolute atomic E-state index is 0.0237. The Balaban J connectivity index is 1.37. The Morgan fingerprint density at radius 1 is 1.33 bits per heavy atom. The first-order valence-electron chi connectivity index (χ1n) is 10.4. The van der Waals surface area contributed by atoms with Crippen molar-refractivity contribution in [2.75, 3.05) is 43.4 Å². The van der Waals surface area contributed by atoms with Crippen molar-refractivity contribution in [2.24, 2.45) is 5.73 Å².